The summed E-state index contributed by atoms with van der Waals surface area (Å²) in [5.41, 5.74) is 7.99. The van der Waals surface area contributed by atoms with Crippen LogP contribution in [0.4, 0.5) is 11.8 Å². The molecule has 0 amide bonds. The first-order chi connectivity index (χ1) is 13.4. The number of halogens is 1. The summed E-state index contributed by atoms with van der Waals surface area (Å²) in [4.78, 5) is 12.8. The number of pyridine rings is 1. The molecule has 150 valence electrons. The summed E-state index contributed by atoms with van der Waals surface area (Å²) < 4.78 is 6.00. The van der Waals surface area contributed by atoms with E-state index in [1.165, 1.54) is 0 Å². The number of nitrogen functional groups attached to an aromatic ring is 1. The van der Waals surface area contributed by atoms with Crippen LogP contribution in [0.2, 0.25) is 5.15 Å². The van der Waals surface area contributed by atoms with E-state index in [-0.39, 0.29) is 17.7 Å². The lowest BCUT2D eigenvalue weighted by Crippen LogP contribution is -2.36. The van der Waals surface area contributed by atoms with Crippen molar-refractivity contribution < 1.29 is 20.1 Å². The highest BCUT2D eigenvalue weighted by Crippen LogP contribution is 2.41. The van der Waals surface area contributed by atoms with Gasteiger partial charge in [-0.3, -0.25) is 4.98 Å². The Morgan fingerprint density at radius 3 is 2.75 bits per heavy atom. The highest BCUT2D eigenvalue weighted by molar-refractivity contribution is 6.30. The molecule has 1 unspecified atom stereocenters. The molecule has 2 aromatic heterocycles. The van der Waals surface area contributed by atoms with Crippen LogP contribution in [-0.4, -0.2) is 55.1 Å². The number of nitrogens with one attached hydrogen (secondary N) is 1. The molecule has 2 aromatic rings. The Hall–Kier alpha value is -2.20. The van der Waals surface area contributed by atoms with Crippen LogP contribution in [0.25, 0.3) is 0 Å². The van der Waals surface area contributed by atoms with Crippen LogP contribution < -0.4 is 15.8 Å². The first-order valence-corrected chi connectivity index (χ1v) is 9.44. The smallest absolute Gasteiger partial charge is 0.223 e. The van der Waals surface area contributed by atoms with Crippen molar-refractivity contribution in [1.82, 2.24) is 15.0 Å². The second-order valence-corrected chi connectivity index (χ2v) is 7.61. The number of hydrogen-bond acceptors (Lipinski definition) is 9. The minimum Gasteiger partial charge on any atom is -0.483 e. The fourth-order valence-electron chi connectivity index (χ4n) is 3.86. The van der Waals surface area contributed by atoms with Gasteiger partial charge in [-0.1, -0.05) is 11.6 Å². The molecule has 0 spiro atoms. The zero-order valence-corrected chi connectivity index (χ0v) is 16.0. The normalized spacial score (nSPS) is 28.8. The Bertz CT molecular complexity index is 899. The van der Waals surface area contributed by atoms with Gasteiger partial charge in [-0.2, -0.15) is 4.98 Å². The average Bonchev–Trinajstić information content (AvgIpc) is 3.16. The van der Waals surface area contributed by atoms with Gasteiger partial charge in [-0.05, 0) is 25.5 Å². The lowest BCUT2D eigenvalue weighted by atomic mass is 10.1. The van der Waals surface area contributed by atoms with E-state index in [4.69, 9.17) is 22.1 Å². The monoisotopic (exact) mass is 407 g/mol. The summed E-state index contributed by atoms with van der Waals surface area (Å²) in [6.07, 6.45) is -1.69. The number of anilines is 2. The molecule has 4 rings (SSSR count). The van der Waals surface area contributed by atoms with Gasteiger partial charge in [0.2, 0.25) is 5.95 Å². The van der Waals surface area contributed by atoms with Crippen LogP contribution in [0, 0.1) is 12.8 Å². The number of aryl methyl sites for hydroxylation is 1. The van der Waals surface area contributed by atoms with E-state index in [0.717, 1.165) is 11.4 Å². The van der Waals surface area contributed by atoms with Gasteiger partial charge in [-0.25, -0.2) is 4.98 Å². The molecule has 10 heteroatoms. The Morgan fingerprint density at radius 1 is 1.25 bits per heavy atom. The number of hydrogen-bond donors (Lipinski definition) is 5. The lowest BCUT2D eigenvalue weighted by molar-refractivity contribution is 0.00444. The number of fused-ring (bicyclic) bond motifs is 1. The Balaban J connectivity index is 1.64. The van der Waals surface area contributed by atoms with Crippen LogP contribution >= 0.6 is 11.6 Å². The average molecular weight is 408 g/mol. The molecule has 0 aromatic carbocycles. The zero-order valence-electron chi connectivity index (χ0n) is 15.2. The summed E-state index contributed by atoms with van der Waals surface area (Å²) in [7, 11) is 0. The molecule has 3 heterocycles. The van der Waals surface area contributed by atoms with E-state index in [2.05, 4.69) is 20.3 Å². The summed E-state index contributed by atoms with van der Waals surface area (Å²) in [6, 6.07) is 3.20. The highest BCUT2D eigenvalue weighted by Gasteiger charge is 2.42. The number of rotatable bonds is 4. The van der Waals surface area contributed by atoms with Crippen molar-refractivity contribution >= 4 is 23.4 Å². The van der Waals surface area contributed by atoms with Crippen molar-refractivity contribution in [2.75, 3.05) is 17.7 Å². The fourth-order valence-corrected chi connectivity index (χ4v) is 4.16. The quantitative estimate of drug-likeness (QED) is 0.460. The van der Waals surface area contributed by atoms with Crippen LogP contribution in [0.5, 0.6) is 5.75 Å². The van der Waals surface area contributed by atoms with Crippen molar-refractivity contribution in [3.8, 4) is 5.75 Å². The maximum atomic E-state index is 10.3. The second-order valence-electron chi connectivity index (χ2n) is 7.25. The molecular weight excluding hydrogens is 386 g/mol. The minimum atomic E-state index is -1.06. The third-order valence-corrected chi connectivity index (χ3v) is 5.60. The number of aliphatic hydroxyl groups excluding tert-OH is 3. The topological polar surface area (TPSA) is 147 Å². The molecule has 0 radical (unpaired) electrons. The molecule has 9 nitrogen and oxygen atoms in total. The van der Waals surface area contributed by atoms with Crippen LogP contribution in [0.15, 0.2) is 12.1 Å². The first-order valence-electron chi connectivity index (χ1n) is 9.07. The Morgan fingerprint density at radius 2 is 2.04 bits per heavy atom. The molecule has 1 aliphatic carbocycles. The number of nitrogens with zero attached hydrogens (tertiary/aromatic N) is 3. The van der Waals surface area contributed by atoms with Gasteiger partial charge in [-0.15, -0.1) is 0 Å². The number of aliphatic hydroxyl groups is 3. The third-order valence-electron chi connectivity index (χ3n) is 5.32. The lowest BCUT2D eigenvalue weighted by Gasteiger charge is -2.22. The van der Waals surface area contributed by atoms with Crippen LogP contribution in [-0.2, 0) is 6.42 Å². The van der Waals surface area contributed by atoms with E-state index in [1.807, 2.05) is 19.1 Å². The van der Waals surface area contributed by atoms with E-state index in [9.17, 15) is 15.3 Å². The van der Waals surface area contributed by atoms with Crippen molar-refractivity contribution in [3.05, 3.63) is 34.2 Å². The van der Waals surface area contributed by atoms with Gasteiger partial charge in [0, 0.05) is 24.6 Å². The fraction of sp³-hybridized carbons (Fsp3) is 0.500. The Labute approximate surface area is 166 Å². The maximum Gasteiger partial charge on any atom is 0.223 e. The predicted molar refractivity (Wildman–Crippen MR) is 102 cm³/mol. The molecule has 0 saturated heterocycles. The summed E-state index contributed by atoms with van der Waals surface area (Å²) in [5, 5.41) is 33.0. The molecule has 6 N–H and O–H groups in total. The number of ether oxygens (including phenoxy) is 1. The Kier molecular flexibility index (Phi) is 5.00. The summed E-state index contributed by atoms with van der Waals surface area (Å²) in [5.74, 6) is 0.560. The van der Waals surface area contributed by atoms with E-state index in [0.29, 0.717) is 30.0 Å². The summed E-state index contributed by atoms with van der Waals surface area (Å²) in [6.45, 7) is 1.69. The number of nitrogens with two attached hydrogens (primary N) is 1. The highest BCUT2D eigenvalue weighted by atomic mass is 35.5. The van der Waals surface area contributed by atoms with Gasteiger partial charge >= 0.3 is 0 Å². The molecule has 2 aliphatic rings. The molecule has 28 heavy (non-hydrogen) atoms. The van der Waals surface area contributed by atoms with Crippen molar-refractivity contribution in [3.63, 3.8) is 0 Å². The summed E-state index contributed by atoms with van der Waals surface area (Å²) >= 11 is 6.37. The van der Waals surface area contributed by atoms with E-state index >= 15 is 0 Å². The molecule has 5 atom stereocenters. The van der Waals surface area contributed by atoms with Gasteiger partial charge in [0.05, 0.1) is 23.4 Å². The van der Waals surface area contributed by atoms with Crippen molar-refractivity contribution in [2.24, 2.45) is 5.92 Å². The van der Waals surface area contributed by atoms with Crippen LogP contribution in [0.3, 0.4) is 0 Å². The van der Waals surface area contributed by atoms with Crippen molar-refractivity contribution in [1.29, 1.82) is 0 Å². The zero-order chi connectivity index (χ0) is 20.0. The minimum absolute atomic E-state index is 0.0209. The standard InChI is InChI=1S/C18H22ClN5O4/c1-7-2-3-11-9(21-7)5-12(28-11)13-16(19)23-18(20)24-17(13)22-10-4-8(6-25)14(26)15(10)27/h2-3,8,10,12,14-15,25-27H,4-6H2,1H3,(H3,20,22,23,24)/t8-,10-,12?,14-,15+/m1/s1. The molecule has 0 bridgehead atoms. The molecule has 1 aliphatic heterocycles. The van der Waals surface area contributed by atoms with Gasteiger partial charge < -0.3 is 31.1 Å². The molecule has 1 saturated carbocycles. The maximum absolute atomic E-state index is 10.3. The van der Waals surface area contributed by atoms with Crippen LogP contribution in [0.1, 0.15) is 29.5 Å². The number of aromatic nitrogens is 3. The second kappa shape index (κ2) is 7.32. The van der Waals surface area contributed by atoms with Crippen molar-refractivity contribution in [2.45, 2.75) is 44.1 Å². The van der Waals surface area contributed by atoms with Gasteiger partial charge in [0.15, 0.2) is 0 Å². The van der Waals surface area contributed by atoms with E-state index in [1.54, 1.807) is 0 Å². The third kappa shape index (κ3) is 3.35. The molecular formula is C18H22ClN5O4. The molecule has 1 fully saturated rings. The van der Waals surface area contributed by atoms with Gasteiger partial charge in [0.1, 0.15) is 28.9 Å². The largest absolute Gasteiger partial charge is 0.483 e. The first kappa shape index (κ1) is 19.1. The SMILES string of the molecule is Cc1ccc2c(n1)CC(c1c(Cl)nc(N)nc1N[C@@H]1C[C@H](CO)[C@@H](O)[C@H]1O)O2. The van der Waals surface area contributed by atoms with Gasteiger partial charge in [0.25, 0.3) is 0 Å². The predicted octanol–water partition coefficient (Wildman–Crippen LogP) is 0.606. The van der Waals surface area contributed by atoms with E-state index < -0.39 is 30.3 Å².